The number of methoxy groups -OCH3 is 11. The van der Waals surface area contributed by atoms with E-state index in [1.54, 1.807) is 80.8 Å². The summed E-state index contributed by atoms with van der Waals surface area (Å²) in [7, 11) is 16.5. The highest BCUT2D eigenvalue weighted by atomic mass is 32.1. The quantitative estimate of drug-likeness (QED) is 0.00894. The molecule has 46 heteroatoms. The van der Waals surface area contributed by atoms with Crippen LogP contribution in [0.3, 0.4) is 0 Å². The Kier molecular flexibility index (Phi) is 119. The molecular formula is C81H138N12O30S4. The normalized spacial score (nSPS) is 10.2. The number of ether oxygens (including phenoxy) is 19. The zero-order valence-electron chi connectivity index (χ0n) is 74.0. The van der Waals surface area contributed by atoms with E-state index in [4.69, 9.17) is 102 Å². The number of aliphatic hydroxyl groups excluding tert-OH is 1. The number of nitrogens with two attached hydrogens (primary N) is 1. The summed E-state index contributed by atoms with van der Waals surface area (Å²) in [5, 5.41) is 28.9. The molecule has 42 nitrogen and oxygen atoms in total. The van der Waals surface area contributed by atoms with Gasteiger partial charge in [0, 0.05) is 150 Å². The van der Waals surface area contributed by atoms with Crippen molar-refractivity contribution in [2.75, 3.05) is 263 Å². The zero-order valence-corrected chi connectivity index (χ0v) is 78.0. The Morgan fingerprint density at radius 1 is 0.433 bits per heavy atom. The van der Waals surface area contributed by atoms with Gasteiger partial charge in [-0.2, -0.15) is 54.0 Å². The number of hydrogen-bond donors (Lipinski definition) is 9. The van der Waals surface area contributed by atoms with Crippen LogP contribution in [0, 0.1) is 72.6 Å². The number of nitrogens with zero attached hydrogens (tertiary/aromatic N) is 6. The Bertz CT molecular complexity index is 3450. The summed E-state index contributed by atoms with van der Waals surface area (Å²) in [6, 6.07) is -2.90. The molecule has 726 valence electrons. The number of aliphatic carboxylic acids is 2. The number of carbonyl (C=O) groups is 8. The lowest BCUT2D eigenvalue weighted by atomic mass is 10.1. The van der Waals surface area contributed by atoms with Gasteiger partial charge in [0.2, 0.25) is 11.8 Å². The first-order valence-corrected chi connectivity index (χ1v) is 37.2. The predicted octanol–water partition coefficient (Wildman–Crippen LogP) is -0.379. The number of carbonyl (C=O) groups excluding carboxylic acids is 6. The van der Waals surface area contributed by atoms with E-state index in [1.165, 1.54) is 64.2 Å². The summed E-state index contributed by atoms with van der Waals surface area (Å²) < 4.78 is 93.3. The Labute approximate surface area is 775 Å². The molecule has 10 N–H and O–H groups in total. The van der Waals surface area contributed by atoms with Crippen LogP contribution >= 0.6 is 54.0 Å². The van der Waals surface area contributed by atoms with E-state index >= 15 is 0 Å². The first-order chi connectivity index (χ1) is 59.2. The van der Waals surface area contributed by atoms with Crippen molar-refractivity contribution in [2.24, 2.45) is 5.73 Å². The number of aldehydes is 1. The lowest BCUT2D eigenvalue weighted by molar-refractivity contribution is -0.155. The van der Waals surface area contributed by atoms with Gasteiger partial charge in [-0.3, -0.25) is 19.2 Å². The second kappa shape index (κ2) is 109. The van der Waals surface area contributed by atoms with Crippen LogP contribution in [-0.4, -0.2) is 400 Å². The SMILES string of the molecule is C.C#CC#CC#C.C#CC#CC#CC.COC(=O)[C@@H](N)Cc1cnc[nH]1.COCCOCC(=O)O.COCCOCC=O.COCCOCCN(C(=O)COCCOC)[C@@H](Cc1cnc[nH]1)C(=O)O.COCCOCCN(C(=O)COCCOC)[C@@H](Cc1cnc[nH]1)C(=O)OC.COCCOCCN[C@@H](Cc1cnc[nH]1)C(=O)OC.COCCOCCO.S.S.S.S. The van der Waals surface area contributed by atoms with Crippen LogP contribution in [0.4, 0.5) is 0 Å². The van der Waals surface area contributed by atoms with E-state index in [2.05, 4.69) is 122 Å². The van der Waals surface area contributed by atoms with E-state index in [0.717, 1.165) is 17.7 Å². The van der Waals surface area contributed by atoms with Gasteiger partial charge in [0.1, 0.15) is 56.9 Å². The number of terminal acetylenes is 3. The van der Waals surface area contributed by atoms with Crippen LogP contribution in [0.25, 0.3) is 0 Å². The molecule has 0 saturated heterocycles. The molecule has 4 atom stereocenters. The third-order valence-corrected chi connectivity index (χ3v) is 13.7. The second-order valence-electron chi connectivity index (χ2n) is 22.6. The molecule has 4 heterocycles. The molecule has 0 aliphatic carbocycles. The van der Waals surface area contributed by atoms with Crippen LogP contribution < -0.4 is 11.1 Å². The molecule has 4 aromatic rings. The maximum absolute atomic E-state index is 12.7. The summed E-state index contributed by atoms with van der Waals surface area (Å²) in [5.41, 5.74) is 8.53. The van der Waals surface area contributed by atoms with E-state index in [-0.39, 0.29) is 159 Å². The number of aromatic nitrogens is 8. The maximum atomic E-state index is 12.7. The van der Waals surface area contributed by atoms with Crippen molar-refractivity contribution in [1.82, 2.24) is 55.0 Å². The van der Waals surface area contributed by atoms with Crippen molar-refractivity contribution < 1.29 is 144 Å². The molecule has 0 bridgehead atoms. The first-order valence-electron chi connectivity index (χ1n) is 37.2. The van der Waals surface area contributed by atoms with Gasteiger partial charge < -0.3 is 151 Å². The minimum Gasteiger partial charge on any atom is -0.480 e. The highest BCUT2D eigenvalue weighted by Crippen LogP contribution is 2.12. The number of hydrogen-bond acceptors (Lipinski definition) is 34. The number of carboxylic acid groups (broad SMARTS) is 2. The molecule has 0 fully saturated rings. The number of amides is 2. The number of aliphatic hydroxyl groups is 1. The zero-order chi connectivity index (χ0) is 92.0. The smallest absolute Gasteiger partial charge is 0.329 e. The van der Waals surface area contributed by atoms with Gasteiger partial charge in [-0.05, 0) is 54.3 Å². The Morgan fingerprint density at radius 2 is 0.764 bits per heavy atom. The molecule has 0 aromatic carbocycles. The molecule has 127 heavy (non-hydrogen) atoms. The second-order valence-corrected chi connectivity index (χ2v) is 22.6. The molecule has 0 unspecified atom stereocenters. The van der Waals surface area contributed by atoms with Gasteiger partial charge in [-0.15, -0.1) is 19.3 Å². The van der Waals surface area contributed by atoms with E-state index < -0.39 is 54.0 Å². The van der Waals surface area contributed by atoms with Crippen molar-refractivity contribution in [3.8, 4) is 72.6 Å². The van der Waals surface area contributed by atoms with Crippen LogP contribution in [0.1, 0.15) is 37.1 Å². The van der Waals surface area contributed by atoms with Crippen molar-refractivity contribution in [3.05, 3.63) is 72.9 Å². The summed E-state index contributed by atoms with van der Waals surface area (Å²) in [5.74, 6) is 16.6. The number of aromatic amines is 4. The van der Waals surface area contributed by atoms with Crippen molar-refractivity contribution in [2.45, 2.75) is 64.2 Å². The standard InChI is InChI=1S/C17H29N3O7.C16H27N3O7.C12H21N3O4.C7H11N3O2.C7H4.C6H2.C5H10O4.C5H12O3.C5H10O3.CH4.4H2S/c1-23-6-8-26-5-4-20(16(21)12-27-9-7-24-2)15(17(22)25-3)10-14-11-18-13-19-14;1-23-5-7-25-4-3-19(15(20)11-26-8-6-24-2)14(16(21)22)9-13-10-17-12-18-13;1-17-5-6-19-4-3-14-11(12(16)18-2)7-10-8-13-9-15-10;1-12-7(11)6(8)2-5-3-9-4-10-5;1-3-5-7-6-4-2;1-3-5-6-4-2;1-8-2-3-9-4-5(6)7;2*1-7-4-5-8-3-2-6;;;;;/h11,13,15H,4-10,12H2,1-3H3,(H,18,19);10,12,14H,3-9,11H2,1-2H3,(H,17,18)(H,21,22);8-9,11,14H,3-7H2,1-2H3,(H,13,15);3-4,6H,2,8H2,1H3,(H,9,10);1H,2H3;1-2H;2-4H2,1H3,(H,6,7);6H,2-5H2,1H3;2H,3-5H2,1H3;1H4;4*1H2/t15-;14-;11-;6-;;;;;;;;;;/m0000........../s1. The monoisotopic (exact) mass is 1890 g/mol. The van der Waals surface area contributed by atoms with E-state index in [9.17, 15) is 43.5 Å². The Balaban J connectivity index is -0.000000159. The summed E-state index contributed by atoms with van der Waals surface area (Å²) >= 11 is 0. The minimum absolute atomic E-state index is 0. The topological polar surface area (TPSA) is 532 Å². The van der Waals surface area contributed by atoms with Crippen molar-refractivity contribution in [1.29, 1.82) is 0 Å². The van der Waals surface area contributed by atoms with Crippen LogP contribution in [-0.2, 0) is 154 Å². The number of rotatable bonds is 58. The third kappa shape index (κ3) is 91.4. The molecular weight excluding hydrogens is 1750 g/mol. The number of esters is 3. The maximum Gasteiger partial charge on any atom is 0.329 e. The fourth-order valence-electron chi connectivity index (χ4n) is 7.99. The Morgan fingerprint density at radius 3 is 1.09 bits per heavy atom. The van der Waals surface area contributed by atoms with Gasteiger partial charge >= 0.3 is 29.8 Å². The highest BCUT2D eigenvalue weighted by molar-refractivity contribution is 7.59. The molecule has 0 saturated carbocycles. The molecule has 2 amide bonds. The third-order valence-electron chi connectivity index (χ3n) is 13.7. The summed E-state index contributed by atoms with van der Waals surface area (Å²) in [6.45, 7) is 10.6. The van der Waals surface area contributed by atoms with Crippen LogP contribution in [0.15, 0.2) is 50.1 Å². The highest BCUT2D eigenvalue weighted by Gasteiger charge is 2.32. The number of imidazole rings is 4. The van der Waals surface area contributed by atoms with Crippen LogP contribution in [0.5, 0.6) is 0 Å². The number of H-pyrrole nitrogens is 4. The molecule has 0 aliphatic rings. The van der Waals surface area contributed by atoms with Gasteiger partial charge in [0.05, 0.1) is 185 Å². The molecule has 0 radical (unpaired) electrons. The summed E-state index contributed by atoms with van der Waals surface area (Å²) in [4.78, 5) is 121. The van der Waals surface area contributed by atoms with Gasteiger partial charge in [-0.25, -0.2) is 34.3 Å². The van der Waals surface area contributed by atoms with Gasteiger partial charge in [-0.1, -0.05) is 13.3 Å². The van der Waals surface area contributed by atoms with Gasteiger partial charge in [0.25, 0.3) is 0 Å². The molecule has 0 spiro atoms. The fraction of sp³-hybridized carbons (Fsp3) is 0.605. The van der Waals surface area contributed by atoms with Crippen LogP contribution in [0.2, 0.25) is 0 Å². The largest absolute Gasteiger partial charge is 0.480 e. The molecule has 4 rings (SSSR count). The lowest BCUT2D eigenvalue weighted by Gasteiger charge is -2.29. The van der Waals surface area contributed by atoms with E-state index in [1.807, 2.05) is 0 Å². The average Bonchev–Trinajstić information content (AvgIpc) is 1.82. The molecule has 0 aliphatic heterocycles. The number of carboxylic acids is 2. The van der Waals surface area contributed by atoms with Crippen molar-refractivity contribution in [3.63, 3.8) is 0 Å². The van der Waals surface area contributed by atoms with Crippen molar-refractivity contribution >= 4 is 102 Å². The first kappa shape index (κ1) is 138. The predicted molar refractivity (Wildman–Crippen MR) is 490 cm³/mol. The van der Waals surface area contributed by atoms with E-state index in [0.29, 0.717) is 136 Å². The average molecular weight is 1890 g/mol. The lowest BCUT2D eigenvalue weighted by Crippen LogP contribution is -2.49. The fourth-order valence-corrected chi connectivity index (χ4v) is 7.99. The Hall–Kier alpha value is -9.20. The molecule has 4 aromatic heterocycles. The number of nitrogens with one attached hydrogen (secondary N) is 5. The van der Waals surface area contributed by atoms with Gasteiger partial charge in [0.15, 0.2) is 0 Å². The minimum atomic E-state index is -1.11. The summed E-state index contributed by atoms with van der Waals surface area (Å²) in [6.07, 6.45) is 28.7.